The van der Waals surface area contributed by atoms with Gasteiger partial charge in [-0.25, -0.2) is 0 Å². The maximum atomic E-state index is 11.2. The Kier molecular flexibility index (Phi) is 19.1. The van der Waals surface area contributed by atoms with Crippen LogP contribution in [0.5, 0.6) is 0 Å². The number of carboxylic acids is 1. The molecule has 0 atom stereocenters. The van der Waals surface area contributed by atoms with E-state index in [0.717, 1.165) is 12.8 Å². The van der Waals surface area contributed by atoms with Gasteiger partial charge in [0.15, 0.2) is 0 Å². The van der Waals surface area contributed by atoms with Gasteiger partial charge in [0, 0.05) is 6.42 Å². The molecule has 108 valence electrons. The van der Waals surface area contributed by atoms with Crippen LogP contribution in [-0.2, 0) is 9.59 Å². The van der Waals surface area contributed by atoms with Gasteiger partial charge in [-0.1, -0.05) is 58.3 Å². The minimum atomic E-state index is -0.990. The number of amides is 1. The van der Waals surface area contributed by atoms with E-state index >= 15 is 0 Å². The van der Waals surface area contributed by atoms with Gasteiger partial charge in [-0.3, -0.25) is 9.59 Å². The fourth-order valence-electron chi connectivity index (χ4n) is 1.86. The fraction of sp³-hybridized carbons (Fsp3) is 0.857. The summed E-state index contributed by atoms with van der Waals surface area (Å²) < 4.78 is 0. The third-order valence-corrected chi connectivity index (χ3v) is 2.94. The number of carbonyl (C=O) groups excluding carboxylic acids is 1. The summed E-state index contributed by atoms with van der Waals surface area (Å²) in [5.74, 6) is -1.14. The van der Waals surface area contributed by atoms with Crippen LogP contribution in [0.4, 0.5) is 0 Å². The number of carboxylic acid groups (broad SMARTS) is 1. The normalized spacial score (nSPS) is 9.74. The van der Waals surface area contributed by atoms with Crippen molar-refractivity contribution in [2.45, 2.75) is 71.1 Å². The Balaban J connectivity index is 0. The van der Waals surface area contributed by atoms with Gasteiger partial charge in [0.1, 0.15) is 6.54 Å². The van der Waals surface area contributed by atoms with Crippen molar-refractivity contribution in [3.8, 4) is 0 Å². The van der Waals surface area contributed by atoms with E-state index in [-0.39, 0.29) is 63.8 Å². The maximum absolute atomic E-state index is 11.2. The van der Waals surface area contributed by atoms with Crippen LogP contribution in [0.25, 0.3) is 0 Å². The first-order valence-electron chi connectivity index (χ1n) is 7.15. The quantitative estimate of drug-likeness (QED) is 0.429. The van der Waals surface area contributed by atoms with Crippen LogP contribution in [-0.4, -0.2) is 74.9 Å². The van der Waals surface area contributed by atoms with Gasteiger partial charge in [-0.2, -0.15) is 0 Å². The number of unbranched alkanes of at least 4 members (excludes halogenated alkanes) is 8. The fourth-order valence-corrected chi connectivity index (χ4v) is 1.86. The van der Waals surface area contributed by atoms with E-state index < -0.39 is 5.97 Å². The molecule has 0 aliphatic rings. The summed E-state index contributed by atoms with van der Waals surface area (Å²) in [4.78, 5) is 21.4. The van der Waals surface area contributed by atoms with Gasteiger partial charge >= 0.3 is 57.4 Å². The third kappa shape index (κ3) is 18.6. The number of aliphatic carboxylic acids is 1. The van der Waals surface area contributed by atoms with Crippen molar-refractivity contribution >= 4 is 63.3 Å². The second kappa shape index (κ2) is 16.6. The summed E-state index contributed by atoms with van der Waals surface area (Å²) in [6.07, 6.45) is 11.4. The van der Waals surface area contributed by atoms with Crippen LogP contribution in [0.15, 0.2) is 0 Å². The van der Waals surface area contributed by atoms with Gasteiger partial charge in [0.05, 0.1) is 0 Å². The average molecular weight is 297 g/mol. The monoisotopic (exact) mass is 297 g/mol. The molecule has 0 aliphatic carbocycles. The van der Waals surface area contributed by atoms with Crippen molar-refractivity contribution in [1.82, 2.24) is 5.32 Å². The number of hydrogen-bond donors (Lipinski definition) is 2. The first kappa shape index (κ1) is 21.9. The second-order valence-corrected chi connectivity index (χ2v) is 4.75. The number of carbonyl (C=O) groups is 2. The van der Waals surface area contributed by atoms with Crippen molar-refractivity contribution < 1.29 is 14.7 Å². The Bertz CT molecular complexity index is 235. The molecule has 19 heavy (non-hydrogen) atoms. The molecule has 0 spiro atoms. The Morgan fingerprint density at radius 1 is 0.895 bits per heavy atom. The molecule has 4 nitrogen and oxygen atoms in total. The molecular formula is C14H28KNO3. The Morgan fingerprint density at radius 3 is 1.84 bits per heavy atom. The minimum absolute atomic E-state index is 0. The van der Waals surface area contributed by atoms with Crippen LogP contribution >= 0.6 is 0 Å². The van der Waals surface area contributed by atoms with Gasteiger partial charge in [-0.15, -0.1) is 0 Å². The van der Waals surface area contributed by atoms with E-state index in [1.165, 1.54) is 44.9 Å². The molecule has 0 aliphatic heterocycles. The van der Waals surface area contributed by atoms with E-state index in [0.29, 0.717) is 6.42 Å². The Morgan fingerprint density at radius 2 is 1.37 bits per heavy atom. The molecule has 0 unspecified atom stereocenters. The molecule has 0 aromatic rings. The van der Waals surface area contributed by atoms with Crippen molar-refractivity contribution in [2.24, 2.45) is 0 Å². The van der Waals surface area contributed by atoms with Crippen LogP contribution in [0.3, 0.4) is 0 Å². The number of nitrogens with one attached hydrogen (secondary N) is 1. The summed E-state index contributed by atoms with van der Waals surface area (Å²) in [6.45, 7) is 1.95. The van der Waals surface area contributed by atoms with Gasteiger partial charge in [0.25, 0.3) is 0 Å². The first-order valence-corrected chi connectivity index (χ1v) is 7.15. The molecule has 0 heterocycles. The van der Waals surface area contributed by atoms with E-state index in [9.17, 15) is 9.59 Å². The van der Waals surface area contributed by atoms with Crippen molar-refractivity contribution in [3.05, 3.63) is 0 Å². The molecule has 0 saturated heterocycles. The molecule has 1 amide bonds. The number of hydrogen-bond acceptors (Lipinski definition) is 2. The molecule has 0 radical (unpaired) electrons. The molecule has 2 N–H and O–H groups in total. The Labute approximate surface area is 159 Å². The van der Waals surface area contributed by atoms with Crippen molar-refractivity contribution in [2.75, 3.05) is 6.54 Å². The molecule has 0 aromatic carbocycles. The summed E-state index contributed by atoms with van der Waals surface area (Å²) in [7, 11) is 0. The van der Waals surface area contributed by atoms with Crippen molar-refractivity contribution in [1.29, 1.82) is 0 Å². The molecule has 5 heteroatoms. The van der Waals surface area contributed by atoms with Gasteiger partial charge in [-0.05, 0) is 6.42 Å². The summed E-state index contributed by atoms with van der Waals surface area (Å²) in [5, 5.41) is 10.7. The van der Waals surface area contributed by atoms with Crippen LogP contribution < -0.4 is 5.32 Å². The van der Waals surface area contributed by atoms with Crippen LogP contribution in [0.1, 0.15) is 71.1 Å². The third-order valence-electron chi connectivity index (χ3n) is 2.94. The molecule has 0 aromatic heterocycles. The molecule has 0 fully saturated rings. The zero-order valence-electron chi connectivity index (χ0n) is 11.5. The predicted octanol–water partition coefficient (Wildman–Crippen LogP) is 2.46. The van der Waals surface area contributed by atoms with Crippen LogP contribution in [0, 0.1) is 0 Å². The Hall–Kier alpha value is 0.576. The first-order chi connectivity index (χ1) is 8.66. The molecule has 0 saturated carbocycles. The SMILES string of the molecule is CCCCCCCCCCCC(=O)NCC(=O)O.[KH]. The van der Waals surface area contributed by atoms with E-state index in [2.05, 4.69) is 12.2 Å². The van der Waals surface area contributed by atoms with Crippen LogP contribution in [0.2, 0.25) is 0 Å². The summed E-state index contributed by atoms with van der Waals surface area (Å²) >= 11 is 0. The standard InChI is InChI=1S/C14H27NO3.K.H/c1-2-3-4-5-6-7-8-9-10-11-13(16)15-12-14(17)18;;/h2-12H2,1H3,(H,15,16)(H,17,18);;. The summed E-state index contributed by atoms with van der Waals surface area (Å²) in [6, 6.07) is 0. The van der Waals surface area contributed by atoms with Gasteiger partial charge < -0.3 is 10.4 Å². The zero-order chi connectivity index (χ0) is 13.6. The average Bonchev–Trinajstić information content (AvgIpc) is 2.34. The second-order valence-electron chi connectivity index (χ2n) is 4.75. The topological polar surface area (TPSA) is 66.4 Å². The van der Waals surface area contributed by atoms with E-state index in [4.69, 9.17) is 5.11 Å². The number of rotatable bonds is 12. The molecule has 0 rings (SSSR count). The van der Waals surface area contributed by atoms with Crippen molar-refractivity contribution in [3.63, 3.8) is 0 Å². The molecular weight excluding hydrogens is 269 g/mol. The molecule has 0 bridgehead atoms. The predicted molar refractivity (Wildman–Crippen MR) is 79.6 cm³/mol. The van der Waals surface area contributed by atoms with E-state index in [1.807, 2.05) is 0 Å². The zero-order valence-corrected chi connectivity index (χ0v) is 11.5. The van der Waals surface area contributed by atoms with E-state index in [1.54, 1.807) is 0 Å². The van der Waals surface area contributed by atoms with Gasteiger partial charge in [0.2, 0.25) is 5.91 Å². The summed E-state index contributed by atoms with van der Waals surface area (Å²) in [5.41, 5.74) is 0.